The highest BCUT2D eigenvalue weighted by Gasteiger charge is 2.46. The average molecular weight is 340 g/mol. The van der Waals surface area contributed by atoms with Gasteiger partial charge in [0.2, 0.25) is 6.29 Å². The van der Waals surface area contributed by atoms with Gasteiger partial charge in [-0.2, -0.15) is 0 Å². The molecule has 24 heavy (non-hydrogen) atoms. The van der Waals surface area contributed by atoms with Gasteiger partial charge in [0.25, 0.3) is 0 Å². The molecular weight excluding hydrogens is 302 g/mol. The maximum Gasteiger partial charge on any atom is 0.315 e. The zero-order chi connectivity index (χ0) is 18.2. The number of hydrogen-bond donors (Lipinski definition) is 1. The molecule has 2 N–H and O–H groups in total. The Hall–Kier alpha value is -0.610. The van der Waals surface area contributed by atoms with Crippen molar-refractivity contribution in [2.45, 2.75) is 91.4 Å². The van der Waals surface area contributed by atoms with E-state index in [0.717, 1.165) is 18.3 Å². The maximum atomic E-state index is 12.7. The van der Waals surface area contributed by atoms with Crippen LogP contribution >= 0.6 is 0 Å². The normalized spacial score (nSPS) is 32.3. The number of nitrogens with two attached hydrogens (primary N) is 1. The second kappa shape index (κ2) is 6.95. The molecule has 2 saturated carbocycles. The zero-order valence-corrected chi connectivity index (χ0v) is 16.5. The lowest BCUT2D eigenvalue weighted by Crippen LogP contribution is -2.53. The highest BCUT2D eigenvalue weighted by Crippen LogP contribution is 2.53. The quantitative estimate of drug-likeness (QED) is 0.580. The zero-order valence-electron chi connectivity index (χ0n) is 16.5. The third kappa shape index (κ3) is 4.13. The summed E-state index contributed by atoms with van der Waals surface area (Å²) in [4.78, 5) is 12.7. The molecule has 4 unspecified atom stereocenters. The summed E-state index contributed by atoms with van der Waals surface area (Å²) in [6.07, 6.45) is 8.08. The smallest absolute Gasteiger partial charge is 0.315 e. The SMILES string of the molecule is COC(CC12CCCC(CC(C)C1)C2)OC(=O)C(C)(C)C(C)(C)N. The van der Waals surface area contributed by atoms with Gasteiger partial charge >= 0.3 is 5.97 Å². The Bertz CT molecular complexity index is 450. The van der Waals surface area contributed by atoms with Crippen LogP contribution in [0.3, 0.4) is 0 Å². The molecule has 0 heterocycles. The first-order valence-electron chi connectivity index (χ1n) is 9.52. The van der Waals surface area contributed by atoms with E-state index in [4.69, 9.17) is 15.2 Å². The van der Waals surface area contributed by atoms with Gasteiger partial charge in [0.05, 0.1) is 5.41 Å². The predicted molar refractivity (Wildman–Crippen MR) is 96.3 cm³/mol. The second-order valence-corrected chi connectivity index (χ2v) is 9.63. The van der Waals surface area contributed by atoms with Crippen molar-refractivity contribution in [1.29, 1.82) is 0 Å². The summed E-state index contributed by atoms with van der Waals surface area (Å²) in [5, 5.41) is 0. The summed E-state index contributed by atoms with van der Waals surface area (Å²) in [5.74, 6) is 1.33. The van der Waals surface area contributed by atoms with Crippen molar-refractivity contribution in [3.05, 3.63) is 0 Å². The Balaban J connectivity index is 2.05. The van der Waals surface area contributed by atoms with E-state index in [9.17, 15) is 4.79 Å². The number of hydrogen-bond acceptors (Lipinski definition) is 4. The van der Waals surface area contributed by atoms with E-state index in [1.807, 2.05) is 27.7 Å². The first kappa shape index (κ1) is 19.7. The molecule has 0 aromatic carbocycles. The van der Waals surface area contributed by atoms with Crippen LogP contribution in [0.4, 0.5) is 0 Å². The lowest BCUT2D eigenvalue weighted by atomic mass is 9.58. The summed E-state index contributed by atoms with van der Waals surface area (Å²) in [7, 11) is 1.64. The Morgan fingerprint density at radius 3 is 2.54 bits per heavy atom. The molecule has 2 fully saturated rings. The van der Waals surface area contributed by atoms with Crippen LogP contribution in [0.15, 0.2) is 0 Å². The topological polar surface area (TPSA) is 61.5 Å². The number of methoxy groups -OCH3 is 1. The lowest BCUT2D eigenvalue weighted by molar-refractivity contribution is -0.195. The van der Waals surface area contributed by atoms with Crippen LogP contribution in [0.1, 0.15) is 79.6 Å². The second-order valence-electron chi connectivity index (χ2n) is 9.63. The van der Waals surface area contributed by atoms with Gasteiger partial charge in [-0.15, -0.1) is 0 Å². The number of carbonyl (C=O) groups is 1. The molecule has 0 aromatic rings. The summed E-state index contributed by atoms with van der Waals surface area (Å²) in [5.41, 5.74) is 5.06. The van der Waals surface area contributed by atoms with Crippen molar-refractivity contribution in [2.24, 2.45) is 28.4 Å². The van der Waals surface area contributed by atoms with Crippen molar-refractivity contribution < 1.29 is 14.3 Å². The fraction of sp³-hybridized carbons (Fsp3) is 0.950. The van der Waals surface area contributed by atoms with Crippen molar-refractivity contribution in [2.75, 3.05) is 7.11 Å². The van der Waals surface area contributed by atoms with Crippen LogP contribution in [0.2, 0.25) is 0 Å². The van der Waals surface area contributed by atoms with E-state index in [-0.39, 0.29) is 11.4 Å². The van der Waals surface area contributed by atoms with Crippen molar-refractivity contribution in [1.82, 2.24) is 0 Å². The minimum Gasteiger partial charge on any atom is -0.435 e. The summed E-state index contributed by atoms with van der Waals surface area (Å²) < 4.78 is 11.3. The Morgan fingerprint density at radius 2 is 1.96 bits per heavy atom. The van der Waals surface area contributed by atoms with Crippen LogP contribution in [-0.4, -0.2) is 24.9 Å². The lowest BCUT2D eigenvalue weighted by Gasteiger charge is -2.49. The molecule has 0 radical (unpaired) electrons. The minimum atomic E-state index is -0.754. The van der Waals surface area contributed by atoms with E-state index in [2.05, 4.69) is 6.92 Å². The summed E-state index contributed by atoms with van der Waals surface area (Å²) in [6, 6.07) is 0. The molecule has 0 aromatic heterocycles. The molecular formula is C20H37NO3. The number of rotatable bonds is 6. The van der Waals surface area contributed by atoms with Crippen LogP contribution in [-0.2, 0) is 14.3 Å². The maximum absolute atomic E-state index is 12.7. The molecule has 4 nitrogen and oxygen atoms in total. The van der Waals surface area contributed by atoms with Gasteiger partial charge in [0.1, 0.15) is 0 Å². The van der Waals surface area contributed by atoms with Crippen LogP contribution in [0, 0.1) is 22.7 Å². The van der Waals surface area contributed by atoms with E-state index in [0.29, 0.717) is 0 Å². The van der Waals surface area contributed by atoms with E-state index in [1.54, 1.807) is 7.11 Å². The molecule has 2 aliphatic rings. The molecule has 140 valence electrons. The van der Waals surface area contributed by atoms with Gasteiger partial charge in [0, 0.05) is 19.1 Å². The van der Waals surface area contributed by atoms with E-state index >= 15 is 0 Å². The average Bonchev–Trinajstić information content (AvgIpc) is 2.44. The largest absolute Gasteiger partial charge is 0.435 e. The van der Waals surface area contributed by atoms with Crippen LogP contribution in [0.5, 0.6) is 0 Å². The fourth-order valence-corrected chi connectivity index (χ4v) is 4.69. The highest BCUT2D eigenvalue weighted by atomic mass is 16.7. The number of fused-ring (bicyclic) bond motifs is 2. The van der Waals surface area contributed by atoms with E-state index < -0.39 is 17.2 Å². The summed E-state index contributed by atoms with van der Waals surface area (Å²) >= 11 is 0. The first-order chi connectivity index (χ1) is 11.0. The Labute approximate surface area is 147 Å². The molecule has 4 heteroatoms. The number of ether oxygens (including phenoxy) is 2. The van der Waals surface area contributed by atoms with Gasteiger partial charge < -0.3 is 15.2 Å². The Kier molecular flexibility index (Phi) is 5.71. The first-order valence-corrected chi connectivity index (χ1v) is 9.52. The highest BCUT2D eigenvalue weighted by molar-refractivity contribution is 5.77. The third-order valence-electron chi connectivity index (χ3n) is 6.78. The van der Waals surface area contributed by atoms with Crippen LogP contribution < -0.4 is 5.73 Å². The van der Waals surface area contributed by atoms with Gasteiger partial charge in [-0.3, -0.25) is 4.79 Å². The number of carbonyl (C=O) groups excluding carboxylic acids is 1. The van der Waals surface area contributed by atoms with Gasteiger partial charge in [-0.25, -0.2) is 0 Å². The summed E-state index contributed by atoms with van der Waals surface area (Å²) in [6.45, 7) is 9.78. The standard InChI is InChI=1S/C20H37NO3/c1-14-10-15-8-7-9-20(11-14,12-15)13-16(23-6)24-17(22)18(2,3)19(4,5)21/h14-16H,7-13,21H2,1-6H3. The monoisotopic (exact) mass is 339 g/mol. The fourth-order valence-electron chi connectivity index (χ4n) is 4.69. The minimum absolute atomic E-state index is 0.269. The Morgan fingerprint density at radius 1 is 1.29 bits per heavy atom. The number of esters is 1. The molecule has 0 aliphatic heterocycles. The van der Waals surface area contributed by atoms with Crippen molar-refractivity contribution in [3.63, 3.8) is 0 Å². The van der Waals surface area contributed by atoms with E-state index in [1.165, 1.54) is 38.5 Å². The molecule has 2 aliphatic carbocycles. The van der Waals surface area contributed by atoms with Crippen molar-refractivity contribution in [3.8, 4) is 0 Å². The van der Waals surface area contributed by atoms with Crippen molar-refractivity contribution >= 4 is 5.97 Å². The predicted octanol–water partition coefficient (Wildman–Crippen LogP) is 4.26. The molecule has 4 atom stereocenters. The van der Waals surface area contributed by atoms with Crippen LogP contribution in [0.25, 0.3) is 0 Å². The molecule has 0 saturated heterocycles. The molecule has 2 rings (SSSR count). The van der Waals surface area contributed by atoms with Gasteiger partial charge in [-0.1, -0.05) is 19.8 Å². The molecule has 2 bridgehead atoms. The van der Waals surface area contributed by atoms with Gasteiger partial charge in [0.15, 0.2) is 0 Å². The van der Waals surface area contributed by atoms with Gasteiger partial charge in [-0.05, 0) is 70.6 Å². The molecule has 0 spiro atoms. The molecule has 0 amide bonds. The third-order valence-corrected chi connectivity index (χ3v) is 6.78.